The summed E-state index contributed by atoms with van der Waals surface area (Å²) in [7, 11) is 1.15. The quantitative estimate of drug-likeness (QED) is 0.275. The first-order chi connectivity index (χ1) is 10.6. The second-order valence-electron chi connectivity index (χ2n) is 5.04. The maximum atomic E-state index is 14.0. The summed E-state index contributed by atoms with van der Waals surface area (Å²) in [5.41, 5.74) is -1.43. The van der Waals surface area contributed by atoms with Crippen molar-refractivity contribution in [3.8, 4) is 5.75 Å². The molecule has 122 valence electrons. The van der Waals surface area contributed by atoms with E-state index in [0.29, 0.717) is 0 Å². The number of cyclic esters (lactones) is 2. The van der Waals surface area contributed by atoms with Crippen LogP contribution in [-0.2, 0) is 19.1 Å². The highest BCUT2D eigenvalue weighted by atomic mass is 19.1. The van der Waals surface area contributed by atoms with E-state index < -0.39 is 39.7 Å². The number of carbonyl (C=O) groups is 2. The van der Waals surface area contributed by atoms with Gasteiger partial charge in [0.2, 0.25) is 0 Å². The Hall–Kier alpha value is -2.97. The average molecular weight is 325 g/mol. The summed E-state index contributed by atoms with van der Waals surface area (Å²) in [5, 5.41) is 10.9. The van der Waals surface area contributed by atoms with Crippen LogP contribution < -0.4 is 4.74 Å². The van der Waals surface area contributed by atoms with Gasteiger partial charge in [0.25, 0.3) is 5.79 Å². The smallest absolute Gasteiger partial charge is 0.348 e. The molecule has 0 atom stereocenters. The Bertz CT molecular complexity index is 717. The number of hydrogen-bond donors (Lipinski definition) is 0. The first kappa shape index (κ1) is 16.4. The number of rotatable bonds is 3. The van der Waals surface area contributed by atoms with Gasteiger partial charge in [0.15, 0.2) is 5.75 Å². The van der Waals surface area contributed by atoms with E-state index in [9.17, 15) is 24.1 Å². The molecule has 0 unspecified atom stereocenters. The molecule has 0 aliphatic carbocycles. The van der Waals surface area contributed by atoms with Crippen molar-refractivity contribution < 1.29 is 33.1 Å². The molecule has 0 N–H and O–H groups in total. The molecule has 1 aliphatic rings. The molecule has 1 heterocycles. The third kappa shape index (κ3) is 3.28. The first-order valence-electron chi connectivity index (χ1n) is 6.35. The van der Waals surface area contributed by atoms with E-state index in [4.69, 9.17) is 14.2 Å². The van der Waals surface area contributed by atoms with Crippen LogP contribution >= 0.6 is 0 Å². The van der Waals surface area contributed by atoms with Gasteiger partial charge in [-0.3, -0.25) is 10.1 Å². The van der Waals surface area contributed by atoms with E-state index >= 15 is 0 Å². The minimum Gasteiger partial charge on any atom is -0.490 e. The molecular formula is C14H12FNO7. The van der Waals surface area contributed by atoms with Gasteiger partial charge >= 0.3 is 17.6 Å². The van der Waals surface area contributed by atoms with Gasteiger partial charge in [0, 0.05) is 31.5 Å². The number of halogens is 1. The number of nitro benzene ring substituents is 1. The zero-order valence-electron chi connectivity index (χ0n) is 12.4. The summed E-state index contributed by atoms with van der Waals surface area (Å²) in [6.07, 6.45) is 0.835. The predicted octanol–water partition coefficient (Wildman–Crippen LogP) is 1.96. The van der Waals surface area contributed by atoms with E-state index in [-0.39, 0.29) is 11.3 Å². The average Bonchev–Trinajstić information content (AvgIpc) is 2.42. The zero-order valence-corrected chi connectivity index (χ0v) is 12.4. The molecule has 1 fully saturated rings. The van der Waals surface area contributed by atoms with Crippen molar-refractivity contribution >= 4 is 23.7 Å². The molecule has 1 aliphatic heterocycles. The van der Waals surface area contributed by atoms with E-state index in [1.807, 2.05) is 0 Å². The van der Waals surface area contributed by atoms with Gasteiger partial charge in [0.1, 0.15) is 11.4 Å². The van der Waals surface area contributed by atoms with Crippen molar-refractivity contribution in [3.63, 3.8) is 0 Å². The van der Waals surface area contributed by atoms with Gasteiger partial charge in [-0.15, -0.1) is 0 Å². The fourth-order valence-corrected chi connectivity index (χ4v) is 1.91. The van der Waals surface area contributed by atoms with Crippen LogP contribution in [-0.4, -0.2) is 29.8 Å². The maximum absolute atomic E-state index is 14.0. The topological polar surface area (TPSA) is 105 Å². The lowest BCUT2D eigenvalue weighted by molar-refractivity contribution is -0.385. The van der Waals surface area contributed by atoms with Gasteiger partial charge in [0.05, 0.1) is 12.0 Å². The van der Waals surface area contributed by atoms with Crippen LogP contribution in [0.25, 0.3) is 6.08 Å². The summed E-state index contributed by atoms with van der Waals surface area (Å²) in [4.78, 5) is 33.8. The predicted molar refractivity (Wildman–Crippen MR) is 73.8 cm³/mol. The first-order valence-corrected chi connectivity index (χ1v) is 6.35. The lowest BCUT2D eigenvalue weighted by Gasteiger charge is -2.29. The summed E-state index contributed by atoms with van der Waals surface area (Å²) in [5.74, 6) is -4.65. The van der Waals surface area contributed by atoms with Crippen LogP contribution in [0.2, 0.25) is 0 Å². The Morgan fingerprint density at radius 2 is 1.83 bits per heavy atom. The van der Waals surface area contributed by atoms with Gasteiger partial charge in [-0.1, -0.05) is 0 Å². The molecule has 0 amide bonds. The Kier molecular flexibility index (Phi) is 4.04. The largest absolute Gasteiger partial charge is 0.490 e. The molecule has 8 nitrogen and oxygen atoms in total. The molecule has 0 radical (unpaired) electrons. The standard InChI is InChI=1S/C14H12FNO7/c1-14(2)22-12(17)8(13(18)23-14)4-7-5-10(16(19)20)11(21-3)6-9(7)15/h4-6H,1-3H3. The third-order valence-electron chi connectivity index (χ3n) is 2.91. The van der Waals surface area contributed by atoms with Gasteiger partial charge < -0.3 is 14.2 Å². The lowest BCUT2D eigenvalue weighted by Crippen LogP contribution is -2.41. The van der Waals surface area contributed by atoms with Crippen molar-refractivity contribution in [2.45, 2.75) is 19.6 Å². The van der Waals surface area contributed by atoms with E-state index in [1.54, 1.807) is 0 Å². The van der Waals surface area contributed by atoms with Crippen LogP contribution in [0.15, 0.2) is 17.7 Å². The molecule has 0 bridgehead atoms. The van der Waals surface area contributed by atoms with Crippen LogP contribution in [0, 0.1) is 15.9 Å². The molecule has 1 aromatic rings. The number of esters is 2. The molecule has 23 heavy (non-hydrogen) atoms. The number of hydrogen-bond acceptors (Lipinski definition) is 7. The SMILES string of the molecule is COc1cc(F)c(C=C2C(=O)OC(C)(C)OC2=O)cc1[N+](=O)[O-]. The monoisotopic (exact) mass is 325 g/mol. The molecule has 9 heteroatoms. The zero-order chi connectivity index (χ0) is 17.4. The Morgan fingerprint density at radius 3 is 2.30 bits per heavy atom. The summed E-state index contributed by atoms with van der Waals surface area (Å²) in [6.45, 7) is 2.72. The molecule has 0 spiro atoms. The molecule has 0 aromatic heterocycles. The van der Waals surface area contributed by atoms with Gasteiger partial charge in [-0.05, 0) is 6.08 Å². The van der Waals surface area contributed by atoms with E-state index in [1.165, 1.54) is 13.8 Å². The second-order valence-corrected chi connectivity index (χ2v) is 5.04. The van der Waals surface area contributed by atoms with Crippen LogP contribution in [0.4, 0.5) is 10.1 Å². The highest BCUT2D eigenvalue weighted by molar-refractivity contribution is 6.18. The Morgan fingerprint density at radius 1 is 1.26 bits per heavy atom. The van der Waals surface area contributed by atoms with E-state index in [2.05, 4.69) is 0 Å². The minimum atomic E-state index is -1.43. The van der Waals surface area contributed by atoms with Crippen molar-refractivity contribution in [3.05, 3.63) is 39.2 Å². The molecule has 2 rings (SSSR count). The molecular weight excluding hydrogens is 313 g/mol. The number of carbonyl (C=O) groups excluding carboxylic acids is 2. The maximum Gasteiger partial charge on any atom is 0.348 e. The highest BCUT2D eigenvalue weighted by Gasteiger charge is 2.39. The van der Waals surface area contributed by atoms with Crippen molar-refractivity contribution in [2.75, 3.05) is 7.11 Å². The Balaban J connectivity index is 2.51. The fraction of sp³-hybridized carbons (Fsp3) is 0.286. The molecule has 0 saturated carbocycles. The third-order valence-corrected chi connectivity index (χ3v) is 2.91. The van der Waals surface area contributed by atoms with Crippen molar-refractivity contribution in [1.82, 2.24) is 0 Å². The van der Waals surface area contributed by atoms with Crippen LogP contribution in [0.1, 0.15) is 19.4 Å². The number of benzene rings is 1. The van der Waals surface area contributed by atoms with Crippen LogP contribution in [0.3, 0.4) is 0 Å². The van der Waals surface area contributed by atoms with Crippen molar-refractivity contribution in [2.24, 2.45) is 0 Å². The summed E-state index contributed by atoms with van der Waals surface area (Å²) >= 11 is 0. The fourth-order valence-electron chi connectivity index (χ4n) is 1.91. The number of nitro groups is 1. The summed E-state index contributed by atoms with van der Waals surface area (Å²) < 4.78 is 28.4. The number of nitrogens with zero attached hydrogens (tertiary/aromatic N) is 1. The minimum absolute atomic E-state index is 0.287. The molecule has 1 aromatic carbocycles. The molecule has 1 saturated heterocycles. The Labute approximate surface area is 129 Å². The number of ether oxygens (including phenoxy) is 3. The second kappa shape index (κ2) is 5.67. The highest BCUT2D eigenvalue weighted by Crippen LogP contribution is 2.32. The van der Waals surface area contributed by atoms with E-state index in [0.717, 1.165) is 25.3 Å². The lowest BCUT2D eigenvalue weighted by atomic mass is 10.1. The van der Waals surface area contributed by atoms with Gasteiger partial charge in [-0.2, -0.15) is 0 Å². The van der Waals surface area contributed by atoms with Crippen molar-refractivity contribution in [1.29, 1.82) is 0 Å². The van der Waals surface area contributed by atoms with Crippen LogP contribution in [0.5, 0.6) is 5.75 Å². The summed E-state index contributed by atoms with van der Waals surface area (Å²) in [6, 6.07) is 1.63. The van der Waals surface area contributed by atoms with Gasteiger partial charge in [-0.25, -0.2) is 14.0 Å². The number of methoxy groups -OCH3 is 1. The normalized spacial score (nSPS) is 16.4.